The molecular formula is C28H32ClN7O4. The predicted octanol–water partition coefficient (Wildman–Crippen LogP) is 4.79. The molecule has 210 valence electrons. The summed E-state index contributed by atoms with van der Waals surface area (Å²) in [4.78, 5) is 46.2. The highest BCUT2D eigenvalue weighted by Gasteiger charge is 2.25. The number of nitrogens with zero attached hydrogens (tertiary/aromatic N) is 5. The van der Waals surface area contributed by atoms with Crippen molar-refractivity contribution < 1.29 is 19.1 Å². The van der Waals surface area contributed by atoms with Crippen LogP contribution in [0.4, 0.5) is 22.1 Å². The minimum atomic E-state index is -0.554. The Bertz CT molecular complexity index is 1370. The number of amides is 3. The first kappa shape index (κ1) is 28.8. The van der Waals surface area contributed by atoms with Crippen LogP contribution in [0.2, 0.25) is 5.02 Å². The molecule has 0 unspecified atom stereocenters. The van der Waals surface area contributed by atoms with Crippen LogP contribution in [0.5, 0.6) is 0 Å². The molecule has 1 aliphatic rings. The van der Waals surface area contributed by atoms with Crippen molar-refractivity contribution in [1.82, 2.24) is 20.1 Å². The third kappa shape index (κ3) is 7.66. The number of halogens is 1. The Morgan fingerprint density at radius 1 is 0.925 bits per heavy atom. The van der Waals surface area contributed by atoms with E-state index in [1.54, 1.807) is 47.4 Å². The number of aromatic nitrogens is 3. The van der Waals surface area contributed by atoms with E-state index in [9.17, 15) is 14.4 Å². The Labute approximate surface area is 237 Å². The standard InChI is InChI=1S/C28H32ClN7O4/c1-18-6-8-21(20(16-18)25(37)32-23-10-7-19(29)17-30-23)31-26(38)22-9-11-24(34-33-22)35-12-5-13-36(15-14-35)27(39)40-28(2,3)4/h6-11,16-17H,5,12-15H2,1-4H3,(H,31,38)(H,30,32,37). The monoisotopic (exact) mass is 565 g/mol. The van der Waals surface area contributed by atoms with Gasteiger partial charge in [0.2, 0.25) is 0 Å². The Hall–Kier alpha value is -4.25. The minimum absolute atomic E-state index is 0.0975. The Balaban J connectivity index is 1.41. The molecule has 0 saturated carbocycles. The first-order chi connectivity index (χ1) is 19.0. The number of hydrogen-bond donors (Lipinski definition) is 2. The van der Waals surface area contributed by atoms with E-state index >= 15 is 0 Å². The lowest BCUT2D eigenvalue weighted by atomic mass is 10.1. The SMILES string of the molecule is Cc1ccc(NC(=O)c2ccc(N3CCCN(C(=O)OC(C)(C)C)CC3)nn2)c(C(=O)Nc2ccc(Cl)cn2)c1. The smallest absolute Gasteiger partial charge is 0.410 e. The van der Waals surface area contributed by atoms with Crippen molar-refractivity contribution >= 4 is 46.8 Å². The third-order valence-electron chi connectivity index (χ3n) is 5.99. The molecule has 1 fully saturated rings. The number of carbonyl (C=O) groups is 3. The number of pyridine rings is 1. The molecule has 0 spiro atoms. The van der Waals surface area contributed by atoms with Gasteiger partial charge in [-0.1, -0.05) is 23.2 Å². The van der Waals surface area contributed by atoms with E-state index in [-0.39, 0.29) is 17.4 Å². The van der Waals surface area contributed by atoms with Gasteiger partial charge in [-0.3, -0.25) is 9.59 Å². The van der Waals surface area contributed by atoms with Crippen molar-refractivity contribution in [2.45, 2.75) is 39.7 Å². The zero-order valence-electron chi connectivity index (χ0n) is 22.9. The van der Waals surface area contributed by atoms with Crippen LogP contribution in [0.25, 0.3) is 0 Å². The number of nitrogens with one attached hydrogen (secondary N) is 2. The largest absolute Gasteiger partial charge is 0.444 e. The molecule has 40 heavy (non-hydrogen) atoms. The predicted molar refractivity (Wildman–Crippen MR) is 153 cm³/mol. The highest BCUT2D eigenvalue weighted by atomic mass is 35.5. The summed E-state index contributed by atoms with van der Waals surface area (Å²) >= 11 is 5.87. The molecule has 0 bridgehead atoms. The van der Waals surface area contributed by atoms with Crippen molar-refractivity contribution in [2.24, 2.45) is 0 Å². The number of carbonyl (C=O) groups excluding carboxylic acids is 3. The molecule has 11 nitrogen and oxygen atoms in total. The summed E-state index contributed by atoms with van der Waals surface area (Å²) in [5, 5.41) is 14.3. The summed E-state index contributed by atoms with van der Waals surface area (Å²) in [6, 6.07) is 11.6. The lowest BCUT2D eigenvalue weighted by molar-refractivity contribution is 0.0263. The van der Waals surface area contributed by atoms with E-state index in [1.807, 2.05) is 32.6 Å². The van der Waals surface area contributed by atoms with Gasteiger partial charge in [0, 0.05) is 32.4 Å². The average molecular weight is 566 g/mol. The maximum atomic E-state index is 13.0. The number of rotatable bonds is 5. The van der Waals surface area contributed by atoms with Crippen LogP contribution in [0.3, 0.4) is 0 Å². The van der Waals surface area contributed by atoms with Gasteiger partial charge >= 0.3 is 6.09 Å². The van der Waals surface area contributed by atoms with Gasteiger partial charge in [0.1, 0.15) is 11.4 Å². The molecule has 1 aliphatic heterocycles. The van der Waals surface area contributed by atoms with Crippen LogP contribution in [-0.4, -0.2) is 69.8 Å². The zero-order valence-corrected chi connectivity index (χ0v) is 23.7. The van der Waals surface area contributed by atoms with Crippen LogP contribution in [-0.2, 0) is 4.74 Å². The van der Waals surface area contributed by atoms with Crippen LogP contribution in [0, 0.1) is 6.92 Å². The second-order valence-electron chi connectivity index (χ2n) is 10.4. The first-order valence-corrected chi connectivity index (χ1v) is 13.3. The Kier molecular flexibility index (Phi) is 8.83. The molecule has 3 amide bonds. The fourth-order valence-corrected chi connectivity index (χ4v) is 4.16. The summed E-state index contributed by atoms with van der Waals surface area (Å²) in [5.74, 6) is -0.00351. The molecule has 3 heterocycles. The Morgan fingerprint density at radius 2 is 1.73 bits per heavy atom. The molecule has 3 aromatic rings. The molecule has 2 aromatic heterocycles. The molecule has 0 aliphatic carbocycles. The summed E-state index contributed by atoms with van der Waals surface area (Å²) in [6.45, 7) is 9.69. The van der Waals surface area contributed by atoms with Crippen molar-refractivity contribution in [3.63, 3.8) is 0 Å². The molecule has 4 rings (SSSR count). The minimum Gasteiger partial charge on any atom is -0.444 e. The molecule has 1 saturated heterocycles. The molecule has 12 heteroatoms. The fraction of sp³-hybridized carbons (Fsp3) is 0.357. The maximum absolute atomic E-state index is 13.0. The average Bonchev–Trinajstić information content (AvgIpc) is 3.17. The fourth-order valence-electron chi connectivity index (χ4n) is 4.05. The van der Waals surface area contributed by atoms with Crippen LogP contribution >= 0.6 is 11.6 Å². The zero-order chi connectivity index (χ0) is 28.9. The maximum Gasteiger partial charge on any atom is 0.410 e. The highest BCUT2D eigenvalue weighted by molar-refractivity contribution is 6.30. The number of benzene rings is 1. The number of anilines is 3. The van der Waals surface area contributed by atoms with E-state index in [4.69, 9.17) is 16.3 Å². The van der Waals surface area contributed by atoms with E-state index in [0.717, 1.165) is 12.0 Å². The first-order valence-electron chi connectivity index (χ1n) is 12.9. The van der Waals surface area contributed by atoms with Crippen molar-refractivity contribution in [3.05, 3.63) is 70.5 Å². The van der Waals surface area contributed by atoms with Gasteiger partial charge in [-0.15, -0.1) is 10.2 Å². The quantitative estimate of drug-likeness (QED) is 0.452. The van der Waals surface area contributed by atoms with Gasteiger partial charge < -0.3 is 25.2 Å². The number of aryl methyl sites for hydroxylation is 1. The van der Waals surface area contributed by atoms with Crippen molar-refractivity contribution in [2.75, 3.05) is 41.7 Å². The normalized spacial score (nSPS) is 13.8. The highest BCUT2D eigenvalue weighted by Crippen LogP contribution is 2.21. The van der Waals surface area contributed by atoms with Crippen LogP contribution < -0.4 is 15.5 Å². The van der Waals surface area contributed by atoms with Gasteiger partial charge in [-0.2, -0.15) is 0 Å². The summed E-state index contributed by atoms with van der Waals surface area (Å²) in [6.07, 6.45) is 1.84. The van der Waals surface area contributed by atoms with Crippen molar-refractivity contribution in [1.29, 1.82) is 0 Å². The number of ether oxygens (including phenoxy) is 1. The number of hydrogen-bond acceptors (Lipinski definition) is 8. The second kappa shape index (κ2) is 12.3. The molecule has 1 aromatic carbocycles. The summed E-state index contributed by atoms with van der Waals surface area (Å²) < 4.78 is 5.49. The molecule has 2 N–H and O–H groups in total. The summed E-state index contributed by atoms with van der Waals surface area (Å²) in [7, 11) is 0. The van der Waals surface area contributed by atoms with Gasteiger partial charge in [0.15, 0.2) is 11.5 Å². The lowest BCUT2D eigenvalue weighted by Gasteiger charge is -2.26. The van der Waals surface area contributed by atoms with Gasteiger partial charge in [0.25, 0.3) is 11.8 Å². The van der Waals surface area contributed by atoms with E-state index < -0.39 is 17.4 Å². The van der Waals surface area contributed by atoms with E-state index in [2.05, 4.69) is 25.8 Å². The Morgan fingerprint density at radius 3 is 2.40 bits per heavy atom. The van der Waals surface area contributed by atoms with E-state index in [1.165, 1.54) is 6.20 Å². The van der Waals surface area contributed by atoms with Crippen LogP contribution in [0.1, 0.15) is 53.6 Å². The molecular weight excluding hydrogens is 534 g/mol. The van der Waals surface area contributed by atoms with Crippen LogP contribution in [0.15, 0.2) is 48.7 Å². The van der Waals surface area contributed by atoms with Gasteiger partial charge in [0.05, 0.1) is 16.3 Å². The van der Waals surface area contributed by atoms with Gasteiger partial charge in [-0.05, 0) is 70.5 Å². The molecule has 0 atom stereocenters. The molecule has 0 radical (unpaired) electrons. The van der Waals surface area contributed by atoms with Crippen molar-refractivity contribution in [3.8, 4) is 0 Å². The summed E-state index contributed by atoms with van der Waals surface area (Å²) in [5.41, 5.74) is 0.984. The third-order valence-corrected chi connectivity index (χ3v) is 6.22. The second-order valence-corrected chi connectivity index (χ2v) is 10.8. The van der Waals surface area contributed by atoms with Gasteiger partial charge in [-0.25, -0.2) is 9.78 Å². The topological polar surface area (TPSA) is 130 Å². The van der Waals surface area contributed by atoms with E-state index in [0.29, 0.717) is 48.5 Å². The lowest BCUT2D eigenvalue weighted by Crippen LogP contribution is -2.39.